The lowest BCUT2D eigenvalue weighted by molar-refractivity contribution is -0.120. The molecule has 2 aromatic carbocycles. The van der Waals surface area contributed by atoms with E-state index in [2.05, 4.69) is 15.7 Å². The number of carbonyl (C=O) groups is 3. The van der Waals surface area contributed by atoms with E-state index in [1.165, 1.54) is 12.6 Å². The van der Waals surface area contributed by atoms with Gasteiger partial charge in [0.25, 0.3) is 11.8 Å². The highest BCUT2D eigenvalue weighted by atomic mass is 16.2. The van der Waals surface area contributed by atoms with Crippen molar-refractivity contribution in [3.63, 3.8) is 0 Å². The molecule has 4 rings (SSSR count). The Balaban J connectivity index is 1.29. The average Bonchev–Trinajstić information content (AvgIpc) is 3.39. The molecule has 1 atom stereocenters. The Labute approximate surface area is 204 Å². The van der Waals surface area contributed by atoms with Crippen molar-refractivity contribution in [3.05, 3.63) is 83.7 Å². The van der Waals surface area contributed by atoms with Crippen LogP contribution in [-0.2, 0) is 11.3 Å². The monoisotopic (exact) mass is 473 g/mol. The van der Waals surface area contributed by atoms with Crippen molar-refractivity contribution in [1.29, 1.82) is 0 Å². The van der Waals surface area contributed by atoms with E-state index in [9.17, 15) is 14.4 Å². The lowest BCUT2D eigenvalue weighted by Crippen LogP contribution is -2.45. The summed E-state index contributed by atoms with van der Waals surface area (Å²) in [6.07, 6.45) is 9.51. The van der Waals surface area contributed by atoms with E-state index in [0.29, 0.717) is 30.0 Å². The molecule has 3 aromatic rings. The lowest BCUT2D eigenvalue weighted by Gasteiger charge is -2.25. The van der Waals surface area contributed by atoms with E-state index in [4.69, 9.17) is 5.73 Å². The number of nitrogens with one attached hydrogen (secondary N) is 2. The number of para-hydroxylation sites is 1. The molecule has 1 aromatic heterocycles. The Morgan fingerprint density at radius 2 is 1.66 bits per heavy atom. The van der Waals surface area contributed by atoms with Crippen LogP contribution >= 0.6 is 0 Å². The van der Waals surface area contributed by atoms with Crippen molar-refractivity contribution in [2.45, 2.75) is 51.1 Å². The van der Waals surface area contributed by atoms with Crippen LogP contribution in [0.5, 0.6) is 0 Å². The van der Waals surface area contributed by atoms with Gasteiger partial charge in [-0.25, -0.2) is 4.68 Å². The number of hydrogen-bond acceptors (Lipinski definition) is 4. The van der Waals surface area contributed by atoms with Crippen LogP contribution in [-0.4, -0.2) is 33.5 Å². The number of rotatable bonds is 9. The molecule has 1 saturated carbocycles. The average molecular weight is 474 g/mol. The minimum atomic E-state index is -0.665. The maximum Gasteiger partial charge on any atom is 0.254 e. The lowest BCUT2D eigenvalue weighted by atomic mass is 9.84. The molecule has 0 aliphatic heterocycles. The third-order valence-corrected chi connectivity index (χ3v) is 6.48. The molecule has 35 heavy (non-hydrogen) atoms. The highest BCUT2D eigenvalue weighted by Crippen LogP contribution is 2.27. The molecule has 3 amide bonds. The largest absolute Gasteiger partial charge is 0.368 e. The molecule has 0 unspecified atom stereocenters. The maximum atomic E-state index is 12.7. The summed E-state index contributed by atoms with van der Waals surface area (Å²) in [6, 6.07) is 15.8. The standard InChI is InChI=1S/C27H31N5O3/c28-25(33)24(15-19-7-3-1-4-8-19)31-27(35)21-13-11-20(12-14-21)16-29-26(34)22-17-30-32(18-22)23-9-5-2-6-10-23/h2,5-6,9-14,17-19,24H,1,3-4,7-8,15-16H2,(H2,28,33)(H,29,34)(H,31,35)/t24-/m0/s1. The fourth-order valence-corrected chi connectivity index (χ4v) is 4.46. The van der Waals surface area contributed by atoms with Gasteiger partial charge < -0.3 is 16.4 Å². The Morgan fingerprint density at radius 1 is 0.943 bits per heavy atom. The van der Waals surface area contributed by atoms with Crippen molar-refractivity contribution in [1.82, 2.24) is 20.4 Å². The highest BCUT2D eigenvalue weighted by Gasteiger charge is 2.24. The predicted octanol–water partition coefficient (Wildman–Crippen LogP) is 3.36. The van der Waals surface area contributed by atoms with Gasteiger partial charge in [0, 0.05) is 18.3 Å². The zero-order valence-corrected chi connectivity index (χ0v) is 19.7. The smallest absolute Gasteiger partial charge is 0.254 e. The van der Waals surface area contributed by atoms with E-state index in [0.717, 1.165) is 36.9 Å². The van der Waals surface area contributed by atoms with Gasteiger partial charge in [-0.05, 0) is 42.2 Å². The second-order valence-electron chi connectivity index (χ2n) is 9.06. The number of aromatic nitrogens is 2. The van der Waals surface area contributed by atoms with E-state index < -0.39 is 11.9 Å². The summed E-state index contributed by atoms with van der Waals surface area (Å²) in [4.78, 5) is 37.1. The minimum absolute atomic E-state index is 0.235. The Kier molecular flexibility index (Phi) is 7.92. The predicted molar refractivity (Wildman–Crippen MR) is 133 cm³/mol. The van der Waals surface area contributed by atoms with Crippen molar-refractivity contribution >= 4 is 17.7 Å². The Morgan fingerprint density at radius 3 is 2.34 bits per heavy atom. The van der Waals surface area contributed by atoms with Gasteiger partial charge in [0.1, 0.15) is 6.04 Å². The summed E-state index contributed by atoms with van der Waals surface area (Å²) in [5.74, 6) is -0.638. The maximum absolute atomic E-state index is 12.7. The molecule has 4 N–H and O–H groups in total. The molecule has 8 heteroatoms. The van der Waals surface area contributed by atoms with Crippen LogP contribution in [0.3, 0.4) is 0 Å². The van der Waals surface area contributed by atoms with Gasteiger partial charge in [-0.15, -0.1) is 0 Å². The van der Waals surface area contributed by atoms with Gasteiger partial charge >= 0.3 is 0 Å². The summed E-state index contributed by atoms with van der Waals surface area (Å²) >= 11 is 0. The molecule has 182 valence electrons. The van der Waals surface area contributed by atoms with Crippen LogP contribution in [0.25, 0.3) is 5.69 Å². The summed E-state index contributed by atoms with van der Waals surface area (Å²) in [5, 5.41) is 9.91. The molecule has 1 aliphatic rings. The van der Waals surface area contributed by atoms with Crippen LogP contribution in [0.1, 0.15) is 64.8 Å². The SMILES string of the molecule is NC(=O)[C@H](CC1CCCCC1)NC(=O)c1ccc(CNC(=O)c2cnn(-c3ccccc3)c2)cc1. The number of primary amides is 1. The molecule has 0 saturated heterocycles. The number of nitrogens with zero attached hydrogens (tertiary/aromatic N) is 2. The topological polar surface area (TPSA) is 119 Å². The molecular weight excluding hydrogens is 442 g/mol. The van der Waals surface area contributed by atoms with Crippen LogP contribution < -0.4 is 16.4 Å². The van der Waals surface area contributed by atoms with Crippen molar-refractivity contribution in [2.24, 2.45) is 11.7 Å². The first-order chi connectivity index (χ1) is 17.0. The third kappa shape index (κ3) is 6.56. The summed E-state index contributed by atoms with van der Waals surface area (Å²) in [7, 11) is 0. The molecule has 0 radical (unpaired) electrons. The minimum Gasteiger partial charge on any atom is -0.368 e. The first kappa shape index (κ1) is 24.2. The van der Waals surface area contributed by atoms with Gasteiger partial charge in [-0.1, -0.05) is 62.4 Å². The van der Waals surface area contributed by atoms with Crippen LogP contribution in [0, 0.1) is 5.92 Å². The second kappa shape index (κ2) is 11.5. The number of carbonyl (C=O) groups excluding carboxylic acids is 3. The summed E-state index contributed by atoms with van der Waals surface area (Å²) in [6.45, 7) is 0.308. The van der Waals surface area contributed by atoms with E-state index in [-0.39, 0.29) is 11.8 Å². The van der Waals surface area contributed by atoms with E-state index in [1.807, 2.05) is 30.3 Å². The third-order valence-electron chi connectivity index (χ3n) is 6.48. The number of benzene rings is 2. The number of nitrogens with two attached hydrogens (primary N) is 1. The van der Waals surface area contributed by atoms with Crippen molar-refractivity contribution in [2.75, 3.05) is 0 Å². The van der Waals surface area contributed by atoms with Gasteiger partial charge in [0.15, 0.2) is 0 Å². The Bertz CT molecular complexity index is 1150. The van der Waals surface area contributed by atoms with Crippen molar-refractivity contribution in [3.8, 4) is 5.69 Å². The van der Waals surface area contributed by atoms with Crippen LogP contribution in [0.2, 0.25) is 0 Å². The summed E-state index contributed by atoms with van der Waals surface area (Å²) in [5.41, 5.74) is 8.18. The molecular formula is C27H31N5O3. The van der Waals surface area contributed by atoms with Crippen LogP contribution in [0.15, 0.2) is 67.0 Å². The normalized spacial score (nSPS) is 14.7. The summed E-state index contributed by atoms with van der Waals surface area (Å²) < 4.78 is 1.65. The molecule has 0 bridgehead atoms. The second-order valence-corrected chi connectivity index (χ2v) is 9.06. The molecule has 1 fully saturated rings. The van der Waals surface area contributed by atoms with Crippen molar-refractivity contribution < 1.29 is 14.4 Å². The zero-order chi connectivity index (χ0) is 24.6. The number of amides is 3. The molecule has 0 spiro atoms. The fraction of sp³-hybridized carbons (Fsp3) is 0.333. The first-order valence-electron chi connectivity index (χ1n) is 12.1. The zero-order valence-electron chi connectivity index (χ0n) is 19.7. The number of hydrogen-bond donors (Lipinski definition) is 3. The Hall–Kier alpha value is -3.94. The van der Waals surface area contributed by atoms with E-state index >= 15 is 0 Å². The van der Waals surface area contributed by atoms with Gasteiger partial charge in [-0.3, -0.25) is 14.4 Å². The molecule has 1 heterocycles. The van der Waals surface area contributed by atoms with Gasteiger partial charge in [-0.2, -0.15) is 5.10 Å². The fourth-order valence-electron chi connectivity index (χ4n) is 4.46. The van der Waals surface area contributed by atoms with E-state index in [1.54, 1.807) is 35.1 Å². The quantitative estimate of drug-likeness (QED) is 0.441. The highest BCUT2D eigenvalue weighted by molar-refractivity contribution is 5.97. The molecule has 8 nitrogen and oxygen atoms in total. The van der Waals surface area contributed by atoms with Gasteiger partial charge in [0.2, 0.25) is 5.91 Å². The molecule has 1 aliphatic carbocycles. The first-order valence-corrected chi connectivity index (χ1v) is 12.1. The van der Waals surface area contributed by atoms with Crippen LogP contribution in [0.4, 0.5) is 0 Å². The van der Waals surface area contributed by atoms with Gasteiger partial charge in [0.05, 0.1) is 17.4 Å².